The summed E-state index contributed by atoms with van der Waals surface area (Å²) in [6, 6.07) is 17.5. The molecule has 0 unspecified atom stereocenters. The van der Waals surface area contributed by atoms with Gasteiger partial charge in [-0.05, 0) is 66.1 Å². The predicted molar refractivity (Wildman–Crippen MR) is 100 cm³/mol. The summed E-state index contributed by atoms with van der Waals surface area (Å²) in [5.74, 6) is -0.350. The number of hydrogen-bond acceptors (Lipinski definition) is 1. The Morgan fingerprint density at radius 3 is 2.35 bits per heavy atom. The fraction of sp³-hybridized carbons (Fsp3) is 0.0909. The standard InChI is InChI=1S/C22H17F2NO/c1-13-10-16(26-2)7-8-17(13)14-6-9-20-15(11-14)12-21(25-20)22-18(23)4-3-5-19(22)24/h3-12,25H,1-2H3. The summed E-state index contributed by atoms with van der Waals surface area (Å²) in [5, 5.41) is 0.898. The molecule has 26 heavy (non-hydrogen) atoms. The molecule has 0 radical (unpaired) electrons. The first-order chi connectivity index (χ1) is 12.6. The number of nitrogens with one attached hydrogen (secondary N) is 1. The van der Waals surface area contributed by atoms with Crippen molar-refractivity contribution < 1.29 is 13.5 Å². The Balaban J connectivity index is 1.82. The van der Waals surface area contributed by atoms with Crippen LogP contribution in [0.5, 0.6) is 5.75 Å². The molecule has 0 spiro atoms. The van der Waals surface area contributed by atoms with Gasteiger partial charge in [-0.25, -0.2) is 8.78 Å². The second-order valence-electron chi connectivity index (χ2n) is 6.26. The van der Waals surface area contributed by atoms with Crippen molar-refractivity contribution >= 4 is 10.9 Å². The Bertz CT molecular complexity index is 1090. The minimum Gasteiger partial charge on any atom is -0.497 e. The van der Waals surface area contributed by atoms with Gasteiger partial charge in [-0.15, -0.1) is 0 Å². The van der Waals surface area contributed by atoms with Gasteiger partial charge in [-0.1, -0.05) is 18.2 Å². The van der Waals surface area contributed by atoms with E-state index in [0.29, 0.717) is 5.69 Å². The Labute approximate surface area is 150 Å². The Morgan fingerprint density at radius 1 is 0.885 bits per heavy atom. The largest absolute Gasteiger partial charge is 0.497 e. The number of fused-ring (bicyclic) bond motifs is 1. The molecule has 0 aliphatic rings. The van der Waals surface area contributed by atoms with Crippen LogP contribution in [-0.2, 0) is 0 Å². The van der Waals surface area contributed by atoms with E-state index in [1.165, 1.54) is 18.2 Å². The SMILES string of the molecule is COc1ccc(-c2ccc3[nH]c(-c4c(F)cccc4F)cc3c2)c(C)c1. The smallest absolute Gasteiger partial charge is 0.135 e. The summed E-state index contributed by atoms with van der Waals surface area (Å²) in [6.45, 7) is 2.03. The summed E-state index contributed by atoms with van der Waals surface area (Å²) in [5.41, 5.74) is 4.45. The topological polar surface area (TPSA) is 25.0 Å². The average molecular weight is 349 g/mol. The lowest BCUT2D eigenvalue weighted by molar-refractivity contribution is 0.414. The minimum absolute atomic E-state index is 0.0362. The van der Waals surface area contributed by atoms with Crippen molar-refractivity contribution in [2.45, 2.75) is 6.92 Å². The summed E-state index contributed by atoms with van der Waals surface area (Å²) in [7, 11) is 1.64. The number of halogens is 2. The molecule has 0 amide bonds. The van der Waals surface area contributed by atoms with Gasteiger partial charge in [0, 0.05) is 10.9 Å². The highest BCUT2D eigenvalue weighted by molar-refractivity contribution is 5.90. The number of aromatic nitrogens is 1. The lowest BCUT2D eigenvalue weighted by Gasteiger charge is -2.08. The molecular formula is C22H17F2NO. The quantitative estimate of drug-likeness (QED) is 0.475. The number of hydrogen-bond donors (Lipinski definition) is 1. The van der Waals surface area contributed by atoms with Crippen molar-refractivity contribution in [2.24, 2.45) is 0 Å². The van der Waals surface area contributed by atoms with Crippen LogP contribution in [0.15, 0.2) is 60.7 Å². The zero-order chi connectivity index (χ0) is 18.3. The lowest BCUT2D eigenvalue weighted by atomic mass is 9.99. The van der Waals surface area contributed by atoms with Gasteiger partial charge in [-0.3, -0.25) is 0 Å². The number of aromatic amines is 1. The number of H-pyrrole nitrogens is 1. The van der Waals surface area contributed by atoms with Gasteiger partial charge >= 0.3 is 0 Å². The van der Waals surface area contributed by atoms with Crippen LogP contribution in [0.3, 0.4) is 0 Å². The van der Waals surface area contributed by atoms with Crippen molar-refractivity contribution in [1.29, 1.82) is 0 Å². The van der Waals surface area contributed by atoms with E-state index < -0.39 is 11.6 Å². The number of rotatable bonds is 3. The molecule has 1 heterocycles. The Hall–Kier alpha value is -3.14. The predicted octanol–water partition coefficient (Wildman–Crippen LogP) is 6.10. The van der Waals surface area contributed by atoms with Crippen LogP contribution in [0.25, 0.3) is 33.3 Å². The molecule has 4 heteroatoms. The molecule has 4 aromatic rings. The molecule has 0 bridgehead atoms. The van der Waals surface area contributed by atoms with Crippen LogP contribution in [-0.4, -0.2) is 12.1 Å². The molecular weight excluding hydrogens is 332 g/mol. The first kappa shape index (κ1) is 16.3. The van der Waals surface area contributed by atoms with Crippen LogP contribution in [0.4, 0.5) is 8.78 Å². The van der Waals surface area contributed by atoms with Gasteiger partial charge in [0.25, 0.3) is 0 Å². The van der Waals surface area contributed by atoms with Gasteiger partial charge in [0.05, 0.1) is 18.4 Å². The van der Waals surface area contributed by atoms with Gasteiger partial charge in [0.2, 0.25) is 0 Å². The molecule has 0 saturated heterocycles. The second-order valence-corrected chi connectivity index (χ2v) is 6.26. The van der Waals surface area contributed by atoms with Crippen LogP contribution >= 0.6 is 0 Å². The van der Waals surface area contributed by atoms with E-state index >= 15 is 0 Å². The normalized spacial score (nSPS) is 11.1. The zero-order valence-electron chi connectivity index (χ0n) is 14.4. The van der Waals surface area contributed by atoms with Crippen molar-refractivity contribution in [1.82, 2.24) is 4.98 Å². The monoisotopic (exact) mass is 349 g/mol. The zero-order valence-corrected chi connectivity index (χ0v) is 14.4. The Morgan fingerprint density at radius 2 is 1.65 bits per heavy atom. The molecule has 0 saturated carbocycles. The fourth-order valence-electron chi connectivity index (χ4n) is 3.28. The molecule has 0 aliphatic carbocycles. The average Bonchev–Trinajstić information content (AvgIpc) is 3.04. The highest BCUT2D eigenvalue weighted by Gasteiger charge is 2.14. The summed E-state index contributed by atoms with van der Waals surface area (Å²) >= 11 is 0. The van der Waals surface area contributed by atoms with E-state index in [1.54, 1.807) is 13.2 Å². The highest BCUT2D eigenvalue weighted by Crippen LogP contribution is 2.32. The van der Waals surface area contributed by atoms with E-state index in [-0.39, 0.29) is 5.56 Å². The summed E-state index contributed by atoms with van der Waals surface area (Å²) < 4.78 is 33.4. The van der Waals surface area contributed by atoms with E-state index in [4.69, 9.17) is 4.74 Å². The molecule has 3 aromatic carbocycles. The van der Waals surface area contributed by atoms with E-state index in [0.717, 1.165) is 33.3 Å². The minimum atomic E-state index is -0.581. The van der Waals surface area contributed by atoms with Crippen LogP contribution in [0.1, 0.15) is 5.56 Å². The highest BCUT2D eigenvalue weighted by atomic mass is 19.1. The molecule has 0 aliphatic heterocycles. The molecule has 2 nitrogen and oxygen atoms in total. The summed E-state index contributed by atoms with van der Waals surface area (Å²) in [4.78, 5) is 3.11. The third kappa shape index (κ3) is 2.73. The second kappa shape index (κ2) is 6.30. The molecule has 1 N–H and O–H groups in total. The van der Waals surface area contributed by atoms with E-state index in [1.807, 2.05) is 43.3 Å². The molecule has 4 rings (SSSR count). The van der Waals surface area contributed by atoms with E-state index in [9.17, 15) is 8.78 Å². The number of aryl methyl sites for hydroxylation is 1. The van der Waals surface area contributed by atoms with Crippen molar-refractivity contribution in [3.63, 3.8) is 0 Å². The third-order valence-electron chi connectivity index (χ3n) is 4.60. The fourth-order valence-corrected chi connectivity index (χ4v) is 3.28. The molecule has 1 aromatic heterocycles. The number of benzene rings is 3. The first-order valence-corrected chi connectivity index (χ1v) is 8.29. The molecule has 130 valence electrons. The van der Waals surface area contributed by atoms with Crippen molar-refractivity contribution in [3.8, 4) is 28.1 Å². The summed E-state index contributed by atoms with van der Waals surface area (Å²) in [6.07, 6.45) is 0. The van der Waals surface area contributed by atoms with E-state index in [2.05, 4.69) is 4.98 Å². The molecule has 0 fully saturated rings. The first-order valence-electron chi connectivity index (χ1n) is 8.29. The van der Waals surface area contributed by atoms with Crippen LogP contribution < -0.4 is 4.74 Å². The maximum absolute atomic E-state index is 14.1. The lowest BCUT2D eigenvalue weighted by Crippen LogP contribution is -1.89. The van der Waals surface area contributed by atoms with Crippen molar-refractivity contribution in [2.75, 3.05) is 7.11 Å². The Kier molecular flexibility index (Phi) is 3.96. The maximum atomic E-state index is 14.1. The van der Waals surface area contributed by atoms with Crippen molar-refractivity contribution in [3.05, 3.63) is 77.9 Å². The maximum Gasteiger partial charge on any atom is 0.135 e. The number of ether oxygens (including phenoxy) is 1. The van der Waals surface area contributed by atoms with Gasteiger partial charge in [0.1, 0.15) is 17.4 Å². The van der Waals surface area contributed by atoms with Gasteiger partial charge in [-0.2, -0.15) is 0 Å². The molecule has 0 atom stereocenters. The van der Waals surface area contributed by atoms with Gasteiger partial charge < -0.3 is 9.72 Å². The number of methoxy groups -OCH3 is 1. The van der Waals surface area contributed by atoms with Crippen LogP contribution in [0, 0.1) is 18.6 Å². The third-order valence-corrected chi connectivity index (χ3v) is 4.60. The van der Waals surface area contributed by atoms with Crippen LogP contribution in [0.2, 0.25) is 0 Å². The van der Waals surface area contributed by atoms with Gasteiger partial charge in [0.15, 0.2) is 0 Å².